The molecular weight excluding hydrogens is 266 g/mol. The minimum atomic E-state index is -0.362. The second-order valence-corrected chi connectivity index (χ2v) is 4.60. The van der Waals surface area contributed by atoms with Gasteiger partial charge in [-0.15, -0.1) is 0 Å². The summed E-state index contributed by atoms with van der Waals surface area (Å²) in [5.74, 6) is 0.0448. The van der Waals surface area contributed by atoms with Crippen LogP contribution in [-0.2, 0) is 9.53 Å². The zero-order valence-corrected chi connectivity index (χ0v) is 11.6. The van der Waals surface area contributed by atoms with Crippen LogP contribution in [0.4, 0.5) is 10.7 Å². The number of piperazine rings is 1. The Morgan fingerprint density at radius 2 is 2.20 bits per heavy atom. The summed E-state index contributed by atoms with van der Waals surface area (Å²) in [5.41, 5.74) is 5.50. The molecule has 0 bridgehead atoms. The van der Waals surface area contributed by atoms with Crippen molar-refractivity contribution >= 4 is 17.9 Å². The van der Waals surface area contributed by atoms with Gasteiger partial charge in [0.25, 0.3) is 5.27 Å². The Labute approximate surface area is 116 Å². The van der Waals surface area contributed by atoms with Crippen molar-refractivity contribution in [3.05, 3.63) is 6.20 Å². The Morgan fingerprint density at radius 1 is 1.55 bits per heavy atom. The molecule has 0 saturated carbocycles. The first-order valence-corrected chi connectivity index (χ1v) is 6.44. The molecule has 2 N–H and O–H groups in total. The minimum Gasteiger partial charge on any atom is -0.450 e. The first-order valence-electron chi connectivity index (χ1n) is 6.44. The number of rotatable bonds is 2. The fourth-order valence-corrected chi connectivity index (χ4v) is 2.29. The molecule has 0 radical (unpaired) electrons. The van der Waals surface area contributed by atoms with Gasteiger partial charge < -0.3 is 10.5 Å². The predicted molar refractivity (Wildman–Crippen MR) is 67.7 cm³/mol. The molecule has 1 fully saturated rings. The molecular formula is C11H19N5O4+2. The lowest BCUT2D eigenvalue weighted by molar-refractivity contribution is -0.861. The van der Waals surface area contributed by atoms with Gasteiger partial charge in [0.15, 0.2) is 13.1 Å². The van der Waals surface area contributed by atoms with Crippen LogP contribution < -0.4 is 15.1 Å². The van der Waals surface area contributed by atoms with E-state index in [0.717, 1.165) is 0 Å². The lowest BCUT2D eigenvalue weighted by atomic mass is 10.3. The van der Waals surface area contributed by atoms with Crippen LogP contribution >= 0.6 is 0 Å². The first kappa shape index (κ1) is 14.3. The Balaban J connectivity index is 2.15. The Kier molecular flexibility index (Phi) is 3.89. The number of aromatic nitrogens is 2. The number of anilines is 1. The van der Waals surface area contributed by atoms with E-state index in [4.69, 9.17) is 15.0 Å². The number of nitrogen functional groups attached to an aromatic ring is 1. The number of amides is 2. The maximum atomic E-state index is 12.0. The third-order valence-corrected chi connectivity index (χ3v) is 3.46. The Morgan fingerprint density at radius 3 is 2.65 bits per heavy atom. The SMILES string of the molecule is CCOC(=O)N1CC[N+](C(C)=O)([n+]2cc(N)on2)CC1. The summed E-state index contributed by atoms with van der Waals surface area (Å²) < 4.78 is 9.73. The molecule has 1 aliphatic heterocycles. The third kappa shape index (κ3) is 2.44. The van der Waals surface area contributed by atoms with Crippen LogP contribution in [0.5, 0.6) is 0 Å². The molecule has 1 aromatic rings. The number of nitrogens with zero attached hydrogens (tertiary/aromatic N) is 4. The zero-order valence-electron chi connectivity index (χ0n) is 11.6. The van der Waals surface area contributed by atoms with E-state index in [9.17, 15) is 9.59 Å². The van der Waals surface area contributed by atoms with Crippen molar-refractivity contribution in [2.75, 3.05) is 38.5 Å². The molecule has 2 heterocycles. The number of quaternary nitrogens is 1. The molecule has 0 aliphatic carbocycles. The number of hydrogen-bond acceptors (Lipinski definition) is 6. The molecule has 0 atom stereocenters. The summed E-state index contributed by atoms with van der Waals surface area (Å²) in [6.45, 7) is 5.16. The summed E-state index contributed by atoms with van der Waals surface area (Å²) >= 11 is 0. The smallest absolute Gasteiger partial charge is 0.410 e. The number of hydrogen-bond donors (Lipinski definition) is 1. The quantitative estimate of drug-likeness (QED) is 0.552. The molecule has 2 rings (SSSR count). The first-order chi connectivity index (χ1) is 9.49. The molecule has 20 heavy (non-hydrogen) atoms. The van der Waals surface area contributed by atoms with E-state index >= 15 is 0 Å². The minimum absolute atomic E-state index is 0.0450. The molecule has 1 aliphatic rings. The summed E-state index contributed by atoms with van der Waals surface area (Å²) in [5, 5.41) is 3.77. The molecule has 0 unspecified atom stereocenters. The van der Waals surface area contributed by atoms with Gasteiger partial charge in [0.05, 0.1) is 26.6 Å². The maximum Gasteiger partial charge on any atom is 0.410 e. The van der Waals surface area contributed by atoms with E-state index < -0.39 is 0 Å². The normalized spacial score (nSPS) is 17.8. The molecule has 0 aromatic carbocycles. The highest BCUT2D eigenvalue weighted by atomic mass is 16.6. The lowest BCUT2D eigenvalue weighted by Crippen LogP contribution is -2.82. The number of carbonyl (C=O) groups excluding carboxylic acids is 2. The van der Waals surface area contributed by atoms with Gasteiger partial charge in [0.2, 0.25) is 0 Å². The second kappa shape index (κ2) is 5.45. The highest BCUT2D eigenvalue weighted by molar-refractivity contribution is 5.78. The molecule has 9 nitrogen and oxygen atoms in total. The largest absolute Gasteiger partial charge is 0.450 e. The Hall–Kier alpha value is -2.16. The van der Waals surface area contributed by atoms with Crippen LogP contribution in [0.25, 0.3) is 0 Å². The van der Waals surface area contributed by atoms with Gasteiger partial charge in [-0.05, 0) is 11.5 Å². The van der Waals surface area contributed by atoms with Crippen LogP contribution in [0.2, 0.25) is 0 Å². The van der Waals surface area contributed by atoms with E-state index in [1.807, 2.05) is 0 Å². The molecule has 0 spiro atoms. The van der Waals surface area contributed by atoms with E-state index in [1.165, 1.54) is 17.9 Å². The maximum absolute atomic E-state index is 12.0. The van der Waals surface area contributed by atoms with Gasteiger partial charge >= 0.3 is 24.1 Å². The van der Waals surface area contributed by atoms with Crippen molar-refractivity contribution in [2.24, 2.45) is 0 Å². The average Bonchev–Trinajstić information content (AvgIpc) is 2.86. The van der Waals surface area contributed by atoms with E-state index in [2.05, 4.69) is 5.27 Å². The van der Waals surface area contributed by atoms with Crippen molar-refractivity contribution in [1.29, 1.82) is 0 Å². The van der Waals surface area contributed by atoms with Gasteiger partial charge in [-0.25, -0.2) is 9.59 Å². The van der Waals surface area contributed by atoms with Gasteiger partial charge in [0.1, 0.15) is 4.79 Å². The monoisotopic (exact) mass is 285 g/mol. The van der Waals surface area contributed by atoms with Crippen LogP contribution in [0, 0.1) is 0 Å². The van der Waals surface area contributed by atoms with Crippen molar-refractivity contribution in [3.8, 4) is 0 Å². The fourth-order valence-electron chi connectivity index (χ4n) is 2.29. The zero-order chi connectivity index (χ0) is 14.8. The number of ether oxygens (including phenoxy) is 1. The lowest BCUT2D eigenvalue weighted by Gasteiger charge is -2.33. The number of nitrogens with two attached hydrogens (primary N) is 1. The van der Waals surface area contributed by atoms with Crippen LogP contribution in [0.3, 0.4) is 0 Å². The summed E-state index contributed by atoms with van der Waals surface area (Å²) in [6, 6.07) is 0. The predicted octanol–water partition coefficient (Wildman–Crippen LogP) is -0.998. The Bertz CT molecular complexity index is 507. The molecule has 2 amide bonds. The molecule has 1 saturated heterocycles. The van der Waals surface area contributed by atoms with E-state index in [1.54, 1.807) is 11.8 Å². The highest BCUT2D eigenvalue weighted by Gasteiger charge is 2.50. The molecule has 1 aromatic heterocycles. The van der Waals surface area contributed by atoms with Crippen molar-refractivity contribution < 1.29 is 23.6 Å². The highest BCUT2D eigenvalue weighted by Crippen LogP contribution is 2.09. The summed E-state index contributed by atoms with van der Waals surface area (Å²) in [6.07, 6.45) is 1.11. The van der Waals surface area contributed by atoms with Gasteiger partial charge in [0, 0.05) is 0 Å². The van der Waals surface area contributed by atoms with Crippen LogP contribution in [0.1, 0.15) is 13.8 Å². The summed E-state index contributed by atoms with van der Waals surface area (Å²) in [7, 11) is 0. The van der Waals surface area contributed by atoms with E-state index in [-0.39, 0.29) is 22.5 Å². The molecule has 110 valence electrons. The van der Waals surface area contributed by atoms with Gasteiger partial charge in [-0.2, -0.15) is 0 Å². The van der Waals surface area contributed by atoms with Crippen molar-refractivity contribution in [1.82, 2.24) is 14.8 Å². The second-order valence-electron chi connectivity index (χ2n) is 4.60. The fraction of sp³-hybridized carbons (Fsp3) is 0.636. The van der Waals surface area contributed by atoms with Crippen molar-refractivity contribution in [3.63, 3.8) is 0 Å². The standard InChI is InChI=1S/C11H19N5O4/c1-3-19-11(18)14-4-6-16(7-5-14,9(2)17)15-8-10(12)20-13-15/h8H,3-7,12H2,1-2H3/q+2. The van der Waals surface area contributed by atoms with Crippen LogP contribution in [0.15, 0.2) is 10.7 Å². The summed E-state index contributed by atoms with van der Waals surface area (Å²) in [4.78, 5) is 26.7. The average molecular weight is 285 g/mol. The topological polar surface area (TPSA) is 103 Å². The van der Waals surface area contributed by atoms with Crippen molar-refractivity contribution in [2.45, 2.75) is 13.8 Å². The van der Waals surface area contributed by atoms with E-state index in [0.29, 0.717) is 32.8 Å². The number of carbonyl (C=O) groups is 2. The molecule has 9 heteroatoms. The van der Waals surface area contributed by atoms with Crippen LogP contribution in [-0.4, -0.2) is 55.0 Å². The van der Waals surface area contributed by atoms with Gasteiger partial charge in [-0.1, -0.05) is 0 Å². The third-order valence-electron chi connectivity index (χ3n) is 3.46. The van der Waals surface area contributed by atoms with Gasteiger partial charge in [-0.3, -0.25) is 9.42 Å².